The number of phosphoric acid groups is 1. The van der Waals surface area contributed by atoms with Crippen LogP contribution in [0.1, 0.15) is 129 Å². The van der Waals surface area contributed by atoms with Crippen molar-refractivity contribution >= 4 is 13.8 Å². The summed E-state index contributed by atoms with van der Waals surface area (Å²) in [6.45, 7) is 3.08. The van der Waals surface area contributed by atoms with Gasteiger partial charge in [-0.3, -0.25) is 13.8 Å². The van der Waals surface area contributed by atoms with Gasteiger partial charge in [-0.1, -0.05) is 160 Å². The van der Waals surface area contributed by atoms with Crippen LogP contribution in [0.5, 0.6) is 0 Å². The topological polar surface area (TPSA) is 132 Å². The highest BCUT2D eigenvalue weighted by molar-refractivity contribution is 7.47. The molecule has 9 nitrogen and oxygen atoms in total. The lowest BCUT2D eigenvalue weighted by molar-refractivity contribution is -0.154. The predicted molar refractivity (Wildman–Crippen MR) is 251 cm³/mol. The minimum Gasteiger partial charge on any atom is -0.457 e. The van der Waals surface area contributed by atoms with Gasteiger partial charge in [-0.2, -0.15) is 0 Å². The monoisotopic (exact) mass is 855 g/mol. The first-order valence-corrected chi connectivity index (χ1v) is 23.7. The van der Waals surface area contributed by atoms with Gasteiger partial charge in [0.25, 0.3) is 0 Å². The molecule has 0 aliphatic rings. The van der Waals surface area contributed by atoms with Gasteiger partial charge < -0.3 is 24.6 Å². The minimum absolute atomic E-state index is 0.00898. The first kappa shape index (κ1) is 56.6. The van der Waals surface area contributed by atoms with Gasteiger partial charge in [-0.05, 0) is 96.3 Å². The molecular weight excluding hydrogens is 776 g/mol. The van der Waals surface area contributed by atoms with Crippen LogP contribution in [-0.2, 0) is 27.9 Å². The summed E-state index contributed by atoms with van der Waals surface area (Å²) in [5.74, 6) is -0.480. The van der Waals surface area contributed by atoms with Crippen LogP contribution >= 0.6 is 7.82 Å². The number of aliphatic hydroxyl groups is 2. The highest BCUT2D eigenvalue weighted by atomic mass is 31.2. The first-order valence-electron chi connectivity index (χ1n) is 22.2. The first-order chi connectivity index (χ1) is 29.3. The number of carbonyl (C=O) groups excluding carboxylic acids is 1. The zero-order valence-electron chi connectivity index (χ0n) is 36.9. The minimum atomic E-state index is -4.56. The molecule has 3 atom stereocenters. The molecule has 60 heavy (non-hydrogen) atoms. The summed E-state index contributed by atoms with van der Waals surface area (Å²) in [4.78, 5) is 22.6. The average molecular weight is 855 g/mol. The predicted octanol–water partition coefficient (Wildman–Crippen LogP) is 12.6. The second kappa shape index (κ2) is 45.1. The maximum absolute atomic E-state index is 12.6. The van der Waals surface area contributed by atoms with Crippen molar-refractivity contribution in [2.45, 2.75) is 142 Å². The third-order valence-corrected chi connectivity index (χ3v) is 9.30. The molecule has 3 unspecified atom stereocenters. The molecule has 0 aliphatic carbocycles. The standard InChI is InChI=1S/C50H79O9P/c1-3-5-7-9-11-13-15-17-19-21-23-25-27-29-31-33-35-37-39-41-43-56-46-49(47-58-60(54,55)57-45-48(52)44-51)59-50(53)42-40-38-36-34-32-30-28-26-24-22-20-18-16-14-12-10-8-6-4-2/h5-8,11-14,17-20,23-26,29-32,36,38,48-49,51-52H,3-4,9-10,15-16,21-22,27-28,33-35,37,39-47H2,1-2H3,(H,54,55)/b7-5-,8-6-,13-11-,14-12-,19-17-,20-18-,25-23-,26-24-,31-29-,32-30-,38-36-. The molecule has 0 heterocycles. The molecule has 338 valence electrons. The fourth-order valence-corrected chi connectivity index (χ4v) is 5.84. The number of phosphoric ester groups is 1. The highest BCUT2D eigenvalue weighted by Crippen LogP contribution is 2.43. The van der Waals surface area contributed by atoms with Gasteiger partial charge in [0.15, 0.2) is 0 Å². The summed E-state index contributed by atoms with van der Waals surface area (Å²) >= 11 is 0. The molecule has 0 rings (SSSR count). The molecular formula is C50H79O9P. The van der Waals surface area contributed by atoms with E-state index in [1.807, 2.05) is 12.2 Å². The molecule has 0 amide bonds. The van der Waals surface area contributed by atoms with Gasteiger partial charge in [-0.25, -0.2) is 4.57 Å². The Morgan fingerprint density at radius 2 is 0.900 bits per heavy atom. The third-order valence-electron chi connectivity index (χ3n) is 8.35. The third kappa shape index (κ3) is 44.2. The van der Waals surface area contributed by atoms with E-state index in [0.29, 0.717) is 13.0 Å². The Kier molecular flexibility index (Phi) is 42.6. The van der Waals surface area contributed by atoms with Crippen LogP contribution in [-0.4, -0.2) is 66.3 Å². The fraction of sp³-hybridized carbons (Fsp3) is 0.540. The Balaban J connectivity index is 4.38. The van der Waals surface area contributed by atoms with Crippen LogP contribution in [0.25, 0.3) is 0 Å². The Hall–Kier alpha value is -3.40. The lowest BCUT2D eigenvalue weighted by Gasteiger charge is -2.20. The zero-order valence-corrected chi connectivity index (χ0v) is 37.8. The number of ether oxygens (including phenoxy) is 2. The van der Waals surface area contributed by atoms with E-state index in [0.717, 1.165) is 103 Å². The van der Waals surface area contributed by atoms with Crippen LogP contribution in [0.4, 0.5) is 0 Å². The molecule has 0 saturated carbocycles. The normalized spacial score (nSPS) is 15.2. The quantitative estimate of drug-likeness (QED) is 0.0238. The van der Waals surface area contributed by atoms with E-state index in [2.05, 4.69) is 135 Å². The molecule has 0 fully saturated rings. The number of carbonyl (C=O) groups is 1. The second-order valence-corrected chi connectivity index (χ2v) is 15.4. The molecule has 0 aromatic heterocycles. The van der Waals surface area contributed by atoms with E-state index in [4.69, 9.17) is 23.6 Å². The maximum Gasteiger partial charge on any atom is 0.472 e. The Morgan fingerprint density at radius 3 is 1.33 bits per heavy atom. The molecule has 0 aliphatic heterocycles. The van der Waals surface area contributed by atoms with Crippen molar-refractivity contribution in [1.82, 2.24) is 0 Å². The van der Waals surface area contributed by atoms with Gasteiger partial charge in [-0.15, -0.1) is 0 Å². The van der Waals surface area contributed by atoms with Crippen LogP contribution in [0.2, 0.25) is 0 Å². The number of rotatable bonds is 40. The summed E-state index contributed by atoms with van der Waals surface area (Å²) in [6, 6.07) is 0. The van der Waals surface area contributed by atoms with Crippen LogP contribution < -0.4 is 0 Å². The summed E-state index contributed by atoms with van der Waals surface area (Å²) in [6.07, 6.45) is 61.4. The molecule has 0 spiro atoms. The SMILES string of the molecule is CC/C=C\C/C=C\C/C=C\C/C=C\C/C=C\C/C=C\CCC(=O)OC(COCCCCCC/C=C\C/C=C\C/C=C\C/C=C\C/C=C\CC)COP(=O)(O)OCC(O)CO. The smallest absolute Gasteiger partial charge is 0.457 e. The number of esters is 1. The average Bonchev–Trinajstić information content (AvgIpc) is 3.24. The van der Waals surface area contributed by atoms with Crippen molar-refractivity contribution in [2.24, 2.45) is 0 Å². The van der Waals surface area contributed by atoms with Crippen molar-refractivity contribution in [2.75, 3.05) is 33.0 Å². The molecule has 0 bridgehead atoms. The molecule has 0 radical (unpaired) electrons. The van der Waals surface area contributed by atoms with Gasteiger partial charge in [0.1, 0.15) is 12.2 Å². The molecule has 0 aromatic carbocycles. The van der Waals surface area contributed by atoms with E-state index in [9.17, 15) is 19.4 Å². The largest absolute Gasteiger partial charge is 0.472 e. The zero-order chi connectivity index (χ0) is 43.9. The summed E-state index contributed by atoms with van der Waals surface area (Å²) in [5, 5.41) is 18.4. The number of aliphatic hydroxyl groups excluding tert-OH is 2. The lowest BCUT2D eigenvalue weighted by atomic mass is 10.1. The van der Waals surface area contributed by atoms with E-state index < -0.39 is 45.8 Å². The van der Waals surface area contributed by atoms with Crippen molar-refractivity contribution in [3.05, 3.63) is 134 Å². The summed E-state index contributed by atoms with van der Waals surface area (Å²) in [7, 11) is -4.56. The molecule has 10 heteroatoms. The molecule has 3 N–H and O–H groups in total. The number of hydrogen-bond acceptors (Lipinski definition) is 8. The number of allylic oxidation sites excluding steroid dienone is 22. The van der Waals surface area contributed by atoms with Crippen molar-refractivity contribution in [3.8, 4) is 0 Å². The number of hydrogen-bond donors (Lipinski definition) is 3. The highest BCUT2D eigenvalue weighted by Gasteiger charge is 2.26. The Morgan fingerprint density at radius 1 is 0.517 bits per heavy atom. The second-order valence-electron chi connectivity index (χ2n) is 13.9. The molecule has 0 aromatic rings. The van der Waals surface area contributed by atoms with E-state index in [1.165, 1.54) is 0 Å². The maximum atomic E-state index is 12.6. The van der Waals surface area contributed by atoms with Gasteiger partial charge in [0.05, 0.1) is 26.4 Å². The number of unbranched alkanes of at least 4 members (excludes halogenated alkanes) is 4. The van der Waals surface area contributed by atoms with E-state index >= 15 is 0 Å². The van der Waals surface area contributed by atoms with Crippen LogP contribution in [0.3, 0.4) is 0 Å². The van der Waals surface area contributed by atoms with Crippen molar-refractivity contribution in [3.63, 3.8) is 0 Å². The van der Waals surface area contributed by atoms with Gasteiger partial charge >= 0.3 is 13.8 Å². The van der Waals surface area contributed by atoms with E-state index in [1.54, 1.807) is 0 Å². The molecule has 0 saturated heterocycles. The van der Waals surface area contributed by atoms with Crippen LogP contribution in [0, 0.1) is 0 Å². The van der Waals surface area contributed by atoms with Crippen molar-refractivity contribution in [1.29, 1.82) is 0 Å². The Bertz CT molecular complexity index is 1380. The lowest BCUT2D eigenvalue weighted by Crippen LogP contribution is -2.29. The van der Waals surface area contributed by atoms with E-state index in [-0.39, 0.29) is 13.0 Å². The van der Waals surface area contributed by atoms with Crippen molar-refractivity contribution < 1.29 is 43.0 Å². The summed E-state index contributed by atoms with van der Waals surface area (Å²) < 4.78 is 33.3. The summed E-state index contributed by atoms with van der Waals surface area (Å²) in [5.41, 5.74) is 0. The Labute approximate surface area is 364 Å². The van der Waals surface area contributed by atoms with Crippen LogP contribution in [0.15, 0.2) is 134 Å². The van der Waals surface area contributed by atoms with Gasteiger partial charge in [0, 0.05) is 13.0 Å². The fourth-order valence-electron chi connectivity index (χ4n) is 5.05. The van der Waals surface area contributed by atoms with Gasteiger partial charge in [0.2, 0.25) is 0 Å².